The third-order valence-corrected chi connectivity index (χ3v) is 1.94. The van der Waals surface area contributed by atoms with E-state index in [0.717, 1.165) is 12.8 Å². The van der Waals surface area contributed by atoms with E-state index in [1.54, 1.807) is 13.8 Å². The fourth-order valence-electron chi connectivity index (χ4n) is 1.06. The van der Waals surface area contributed by atoms with Crippen LogP contribution in [0.25, 0.3) is 0 Å². The Hall–Kier alpha value is -0.610. The first-order chi connectivity index (χ1) is 6.37. The summed E-state index contributed by atoms with van der Waals surface area (Å²) in [6, 6.07) is 0.147. The Labute approximate surface area is 85.9 Å². The predicted octanol–water partition coefficient (Wildman–Crippen LogP) is 0.391. The lowest BCUT2D eigenvalue weighted by molar-refractivity contribution is -0.123. The van der Waals surface area contributed by atoms with Crippen LogP contribution >= 0.6 is 0 Å². The van der Waals surface area contributed by atoms with Gasteiger partial charge in [-0.05, 0) is 33.6 Å². The molecular weight excluding hydrogens is 180 g/mol. The van der Waals surface area contributed by atoms with E-state index in [4.69, 9.17) is 10.8 Å². The maximum absolute atomic E-state index is 11.3. The Balaban J connectivity index is 3.66. The van der Waals surface area contributed by atoms with Gasteiger partial charge in [0.05, 0.1) is 12.1 Å². The molecule has 0 rings (SSSR count). The van der Waals surface area contributed by atoms with Crippen LogP contribution < -0.4 is 11.1 Å². The smallest absolute Gasteiger partial charge is 0.220 e. The van der Waals surface area contributed by atoms with Gasteiger partial charge in [-0.1, -0.05) is 0 Å². The number of aliphatic hydroxyl groups is 1. The first-order valence-electron chi connectivity index (χ1n) is 5.05. The van der Waals surface area contributed by atoms with Gasteiger partial charge in [0.15, 0.2) is 0 Å². The second kappa shape index (κ2) is 5.98. The molecule has 84 valence electrons. The number of carbonyl (C=O) groups excluding carboxylic acids is 1. The van der Waals surface area contributed by atoms with Gasteiger partial charge in [-0.25, -0.2) is 0 Å². The molecule has 0 aliphatic rings. The van der Waals surface area contributed by atoms with Crippen LogP contribution in [0.4, 0.5) is 0 Å². The molecule has 1 amide bonds. The van der Waals surface area contributed by atoms with Gasteiger partial charge in [0.2, 0.25) is 5.91 Å². The summed E-state index contributed by atoms with van der Waals surface area (Å²) in [6.07, 6.45) is 2.13. The molecule has 0 saturated heterocycles. The lowest BCUT2D eigenvalue weighted by Gasteiger charge is -2.23. The van der Waals surface area contributed by atoms with E-state index in [2.05, 4.69) is 5.32 Å². The van der Waals surface area contributed by atoms with Gasteiger partial charge in [-0.3, -0.25) is 4.79 Å². The Morgan fingerprint density at radius 3 is 2.57 bits per heavy atom. The number of nitrogens with two attached hydrogens (primary N) is 1. The molecule has 4 nitrogen and oxygen atoms in total. The topological polar surface area (TPSA) is 75.4 Å². The van der Waals surface area contributed by atoms with Crippen LogP contribution in [0.15, 0.2) is 0 Å². The number of amides is 1. The second-order valence-electron chi connectivity index (χ2n) is 4.46. The zero-order valence-electron chi connectivity index (χ0n) is 9.34. The Morgan fingerprint density at radius 2 is 2.14 bits per heavy atom. The fraction of sp³-hybridized carbons (Fsp3) is 0.900. The molecule has 0 saturated carbocycles. The minimum absolute atomic E-state index is 0.0234. The maximum Gasteiger partial charge on any atom is 0.220 e. The van der Waals surface area contributed by atoms with Crippen LogP contribution in [0.3, 0.4) is 0 Å². The minimum atomic E-state index is -0.522. The van der Waals surface area contributed by atoms with Crippen molar-refractivity contribution >= 4 is 5.91 Å². The highest BCUT2D eigenvalue weighted by Gasteiger charge is 2.18. The molecule has 0 radical (unpaired) electrons. The molecule has 0 aromatic rings. The van der Waals surface area contributed by atoms with Crippen molar-refractivity contribution in [2.75, 3.05) is 6.61 Å². The van der Waals surface area contributed by atoms with Crippen molar-refractivity contribution in [1.82, 2.24) is 5.32 Å². The molecule has 1 unspecified atom stereocenters. The summed E-state index contributed by atoms with van der Waals surface area (Å²) in [4.78, 5) is 11.3. The molecule has 4 N–H and O–H groups in total. The average molecular weight is 202 g/mol. The standard InChI is InChI=1S/C10H22N2O2/c1-8(11)5-4-6-9(14)12-10(2,3)7-13/h8,13H,4-7,11H2,1-3H3,(H,12,14). The summed E-state index contributed by atoms with van der Waals surface area (Å²) in [5.41, 5.74) is 5.04. The van der Waals surface area contributed by atoms with Crippen LogP contribution in [-0.2, 0) is 4.79 Å². The Bertz CT molecular complexity index is 179. The number of hydrogen-bond donors (Lipinski definition) is 3. The van der Waals surface area contributed by atoms with Crippen LogP contribution in [0.1, 0.15) is 40.0 Å². The molecule has 0 aromatic heterocycles. The summed E-state index contributed by atoms with van der Waals surface area (Å²) >= 11 is 0. The van der Waals surface area contributed by atoms with E-state index in [9.17, 15) is 4.79 Å². The normalized spacial score (nSPS) is 13.8. The SMILES string of the molecule is CC(N)CCCC(=O)NC(C)(C)CO. The van der Waals surface area contributed by atoms with E-state index in [0.29, 0.717) is 6.42 Å². The van der Waals surface area contributed by atoms with Crippen LogP contribution in [0.5, 0.6) is 0 Å². The van der Waals surface area contributed by atoms with E-state index < -0.39 is 5.54 Å². The minimum Gasteiger partial charge on any atom is -0.394 e. The molecule has 0 bridgehead atoms. The molecule has 0 aliphatic carbocycles. The summed E-state index contributed by atoms with van der Waals surface area (Å²) in [5, 5.41) is 11.7. The summed E-state index contributed by atoms with van der Waals surface area (Å²) < 4.78 is 0. The van der Waals surface area contributed by atoms with Gasteiger partial charge < -0.3 is 16.2 Å². The second-order valence-corrected chi connectivity index (χ2v) is 4.46. The lowest BCUT2D eigenvalue weighted by Crippen LogP contribution is -2.46. The van der Waals surface area contributed by atoms with E-state index >= 15 is 0 Å². The molecular formula is C10H22N2O2. The number of rotatable bonds is 6. The fourth-order valence-corrected chi connectivity index (χ4v) is 1.06. The molecule has 0 fully saturated rings. The average Bonchev–Trinajstić information content (AvgIpc) is 2.02. The number of nitrogens with one attached hydrogen (secondary N) is 1. The van der Waals surface area contributed by atoms with Gasteiger partial charge in [0, 0.05) is 12.5 Å². The summed E-state index contributed by atoms with van der Waals surface area (Å²) in [5.74, 6) is -0.0234. The number of hydrogen-bond acceptors (Lipinski definition) is 3. The van der Waals surface area contributed by atoms with Crippen LogP contribution in [0.2, 0.25) is 0 Å². The Kier molecular flexibility index (Phi) is 5.72. The monoisotopic (exact) mass is 202 g/mol. The highest BCUT2D eigenvalue weighted by atomic mass is 16.3. The van der Waals surface area contributed by atoms with Crippen molar-refractivity contribution in [3.8, 4) is 0 Å². The first-order valence-corrected chi connectivity index (χ1v) is 5.05. The van der Waals surface area contributed by atoms with E-state index in [-0.39, 0.29) is 18.6 Å². The van der Waals surface area contributed by atoms with E-state index in [1.165, 1.54) is 0 Å². The van der Waals surface area contributed by atoms with Crippen molar-refractivity contribution < 1.29 is 9.90 Å². The van der Waals surface area contributed by atoms with Crippen molar-refractivity contribution in [1.29, 1.82) is 0 Å². The van der Waals surface area contributed by atoms with Crippen LogP contribution in [-0.4, -0.2) is 29.2 Å². The maximum atomic E-state index is 11.3. The molecule has 0 aromatic carbocycles. The van der Waals surface area contributed by atoms with Gasteiger partial charge in [-0.15, -0.1) is 0 Å². The zero-order chi connectivity index (χ0) is 11.2. The van der Waals surface area contributed by atoms with Gasteiger partial charge in [-0.2, -0.15) is 0 Å². The quantitative estimate of drug-likeness (QED) is 0.583. The molecule has 0 heterocycles. The molecule has 0 aliphatic heterocycles. The molecule has 1 atom stereocenters. The third kappa shape index (κ3) is 6.86. The third-order valence-electron chi connectivity index (χ3n) is 1.94. The molecule has 4 heteroatoms. The van der Waals surface area contributed by atoms with Gasteiger partial charge >= 0.3 is 0 Å². The van der Waals surface area contributed by atoms with Crippen molar-refractivity contribution in [3.63, 3.8) is 0 Å². The predicted molar refractivity (Wildman–Crippen MR) is 56.8 cm³/mol. The van der Waals surface area contributed by atoms with E-state index in [1.807, 2.05) is 6.92 Å². The van der Waals surface area contributed by atoms with Crippen molar-refractivity contribution in [2.45, 2.75) is 51.6 Å². The largest absolute Gasteiger partial charge is 0.394 e. The molecule has 14 heavy (non-hydrogen) atoms. The summed E-state index contributed by atoms with van der Waals surface area (Å²) in [7, 11) is 0. The highest BCUT2D eigenvalue weighted by Crippen LogP contribution is 2.03. The van der Waals surface area contributed by atoms with Crippen molar-refractivity contribution in [2.24, 2.45) is 5.73 Å². The number of carbonyl (C=O) groups is 1. The highest BCUT2D eigenvalue weighted by molar-refractivity contribution is 5.76. The van der Waals surface area contributed by atoms with Crippen molar-refractivity contribution in [3.05, 3.63) is 0 Å². The summed E-state index contributed by atoms with van der Waals surface area (Å²) in [6.45, 7) is 5.45. The molecule has 0 spiro atoms. The lowest BCUT2D eigenvalue weighted by atomic mass is 10.1. The number of aliphatic hydroxyl groups excluding tert-OH is 1. The zero-order valence-corrected chi connectivity index (χ0v) is 9.34. The van der Waals surface area contributed by atoms with Crippen LogP contribution in [0, 0.1) is 0 Å². The Morgan fingerprint density at radius 1 is 1.57 bits per heavy atom. The first kappa shape index (κ1) is 13.4. The van der Waals surface area contributed by atoms with Gasteiger partial charge in [0.25, 0.3) is 0 Å². The van der Waals surface area contributed by atoms with Gasteiger partial charge in [0.1, 0.15) is 0 Å².